The minimum absolute atomic E-state index is 0.0859. The fourth-order valence-corrected chi connectivity index (χ4v) is 2.93. The van der Waals surface area contributed by atoms with Gasteiger partial charge in [0, 0.05) is 11.6 Å². The molecule has 1 aliphatic heterocycles. The molecular formula is C15H10N2O3S2. The number of thiocarbonyl (C=S) groups is 1. The summed E-state index contributed by atoms with van der Waals surface area (Å²) in [7, 11) is 0. The fourth-order valence-electron chi connectivity index (χ4n) is 1.78. The van der Waals surface area contributed by atoms with E-state index in [0.29, 0.717) is 20.5 Å². The van der Waals surface area contributed by atoms with Gasteiger partial charge in [0.05, 0.1) is 17.4 Å². The number of thioether (sulfide) groups is 1. The average Bonchev–Trinajstić information content (AvgIpc) is 3.09. The Labute approximate surface area is 135 Å². The van der Waals surface area contributed by atoms with Gasteiger partial charge >= 0.3 is 0 Å². The number of carbonyl (C=O) groups excluding carboxylic acids is 1. The van der Waals surface area contributed by atoms with Crippen molar-refractivity contribution in [3.63, 3.8) is 0 Å². The highest BCUT2D eigenvalue weighted by Gasteiger charge is 2.32. The Morgan fingerprint density at radius 2 is 2.09 bits per heavy atom. The molecule has 0 radical (unpaired) electrons. The normalized spacial score (nSPS) is 17.1. The summed E-state index contributed by atoms with van der Waals surface area (Å²) >= 11 is 6.31. The number of aromatic hydroxyl groups is 1. The van der Waals surface area contributed by atoms with Gasteiger partial charge in [-0.3, -0.25) is 4.79 Å². The summed E-state index contributed by atoms with van der Waals surface area (Å²) in [6.45, 7) is 0. The van der Waals surface area contributed by atoms with E-state index in [0.717, 1.165) is 16.8 Å². The van der Waals surface area contributed by atoms with Gasteiger partial charge in [0.25, 0.3) is 5.91 Å². The summed E-state index contributed by atoms with van der Waals surface area (Å²) in [4.78, 5) is 12.7. The number of furan rings is 1. The van der Waals surface area contributed by atoms with Crippen LogP contribution in [0.2, 0.25) is 0 Å². The number of phenolic OH excluding ortho intramolecular Hbond substituents is 1. The van der Waals surface area contributed by atoms with Crippen LogP contribution in [0.25, 0.3) is 6.08 Å². The number of rotatable bonds is 3. The number of phenols is 1. The van der Waals surface area contributed by atoms with Crippen molar-refractivity contribution in [3.05, 3.63) is 58.9 Å². The first-order chi connectivity index (χ1) is 10.6. The molecule has 0 atom stereocenters. The standard InChI is InChI=1S/C15H10N2O3S2/c18-12-6-2-1-4-10(12)9-16-17-14(19)13(22-15(17)21)8-11-5-3-7-20-11/h1-9,18H. The number of carbonyl (C=O) groups is 1. The Bertz CT molecular complexity index is 782. The van der Waals surface area contributed by atoms with Crippen molar-refractivity contribution in [2.45, 2.75) is 0 Å². The molecule has 5 nitrogen and oxygen atoms in total. The summed E-state index contributed by atoms with van der Waals surface area (Å²) in [5.41, 5.74) is 0.506. The van der Waals surface area contributed by atoms with Gasteiger partial charge in [-0.25, -0.2) is 0 Å². The van der Waals surface area contributed by atoms with Crippen LogP contribution in [-0.4, -0.2) is 26.6 Å². The number of benzene rings is 1. The van der Waals surface area contributed by atoms with Gasteiger partial charge in [0.2, 0.25) is 0 Å². The number of hydrogen-bond donors (Lipinski definition) is 1. The third kappa shape index (κ3) is 2.95. The van der Waals surface area contributed by atoms with Gasteiger partial charge in [-0.2, -0.15) is 10.1 Å². The Morgan fingerprint density at radius 3 is 2.82 bits per heavy atom. The van der Waals surface area contributed by atoms with Crippen molar-refractivity contribution < 1.29 is 14.3 Å². The Hall–Kier alpha value is -2.38. The van der Waals surface area contributed by atoms with Gasteiger partial charge in [0.15, 0.2) is 4.32 Å². The molecule has 22 heavy (non-hydrogen) atoms. The lowest BCUT2D eigenvalue weighted by Gasteiger charge is -2.06. The highest BCUT2D eigenvalue weighted by molar-refractivity contribution is 8.26. The summed E-state index contributed by atoms with van der Waals surface area (Å²) in [6, 6.07) is 10.2. The maximum atomic E-state index is 12.3. The molecule has 0 unspecified atom stereocenters. The molecule has 110 valence electrons. The average molecular weight is 330 g/mol. The molecule has 1 amide bonds. The monoisotopic (exact) mass is 330 g/mol. The first kappa shape index (κ1) is 14.6. The lowest BCUT2D eigenvalue weighted by atomic mass is 10.2. The number of para-hydroxylation sites is 1. The van der Waals surface area contributed by atoms with Crippen LogP contribution < -0.4 is 0 Å². The van der Waals surface area contributed by atoms with Crippen LogP contribution in [0, 0.1) is 0 Å². The second kappa shape index (κ2) is 6.17. The SMILES string of the molecule is O=C1C(=Cc2ccco2)SC(=S)N1N=Cc1ccccc1O. The van der Waals surface area contributed by atoms with Gasteiger partial charge in [-0.15, -0.1) is 0 Å². The van der Waals surface area contributed by atoms with Gasteiger partial charge < -0.3 is 9.52 Å². The molecule has 1 fully saturated rings. The second-order valence-corrected chi connectivity index (χ2v) is 5.99. The van der Waals surface area contributed by atoms with Gasteiger partial charge in [-0.05, 0) is 36.5 Å². The van der Waals surface area contributed by atoms with Crippen molar-refractivity contribution in [2.24, 2.45) is 5.10 Å². The van der Waals surface area contributed by atoms with E-state index in [9.17, 15) is 9.90 Å². The highest BCUT2D eigenvalue weighted by atomic mass is 32.2. The van der Waals surface area contributed by atoms with Crippen LogP contribution in [0.4, 0.5) is 0 Å². The first-order valence-electron chi connectivity index (χ1n) is 6.28. The lowest BCUT2D eigenvalue weighted by Crippen LogP contribution is -2.22. The van der Waals surface area contributed by atoms with E-state index in [1.165, 1.54) is 12.5 Å². The molecule has 3 rings (SSSR count). The van der Waals surface area contributed by atoms with Crippen LogP contribution in [-0.2, 0) is 4.79 Å². The largest absolute Gasteiger partial charge is 0.507 e. The summed E-state index contributed by atoms with van der Waals surface area (Å²) in [5.74, 6) is 0.339. The Balaban J connectivity index is 1.82. The third-order valence-electron chi connectivity index (χ3n) is 2.84. The number of amides is 1. The molecule has 1 saturated heterocycles. The topological polar surface area (TPSA) is 66.0 Å². The molecule has 2 aromatic rings. The van der Waals surface area contributed by atoms with Crippen LogP contribution in [0.1, 0.15) is 11.3 Å². The maximum Gasteiger partial charge on any atom is 0.286 e. The van der Waals surface area contributed by atoms with E-state index in [1.807, 2.05) is 0 Å². The zero-order chi connectivity index (χ0) is 15.5. The van der Waals surface area contributed by atoms with Crippen LogP contribution in [0.15, 0.2) is 57.1 Å². The van der Waals surface area contributed by atoms with E-state index < -0.39 is 0 Å². The minimum Gasteiger partial charge on any atom is -0.507 e. The second-order valence-electron chi connectivity index (χ2n) is 4.31. The van der Waals surface area contributed by atoms with Crippen LogP contribution in [0.5, 0.6) is 5.75 Å². The minimum atomic E-state index is -0.321. The van der Waals surface area contributed by atoms with Crippen LogP contribution in [0.3, 0.4) is 0 Å². The smallest absolute Gasteiger partial charge is 0.286 e. The molecule has 1 aromatic carbocycles. The van der Waals surface area contributed by atoms with Crippen LogP contribution >= 0.6 is 24.0 Å². The van der Waals surface area contributed by atoms with Crippen molar-refractivity contribution in [1.82, 2.24) is 5.01 Å². The number of nitrogens with zero attached hydrogens (tertiary/aromatic N) is 2. The number of hydrazone groups is 1. The predicted molar refractivity (Wildman–Crippen MR) is 89.4 cm³/mol. The molecule has 0 spiro atoms. The molecule has 0 saturated carbocycles. The molecular weight excluding hydrogens is 320 g/mol. The first-order valence-corrected chi connectivity index (χ1v) is 7.51. The van der Waals surface area contributed by atoms with Crippen molar-refractivity contribution >= 4 is 46.5 Å². The van der Waals surface area contributed by atoms with E-state index in [1.54, 1.807) is 42.5 Å². The van der Waals surface area contributed by atoms with E-state index >= 15 is 0 Å². The van der Waals surface area contributed by atoms with Crippen molar-refractivity contribution in [3.8, 4) is 5.75 Å². The number of hydrogen-bond acceptors (Lipinski definition) is 6. The molecule has 0 aliphatic carbocycles. The molecule has 2 heterocycles. The maximum absolute atomic E-state index is 12.3. The fraction of sp³-hybridized carbons (Fsp3) is 0. The molecule has 1 aromatic heterocycles. The van der Waals surface area contributed by atoms with Crippen molar-refractivity contribution in [2.75, 3.05) is 0 Å². The summed E-state index contributed by atoms with van der Waals surface area (Å²) in [5, 5.41) is 14.9. The quantitative estimate of drug-likeness (QED) is 0.532. The van der Waals surface area contributed by atoms with E-state index in [-0.39, 0.29) is 11.7 Å². The predicted octanol–water partition coefficient (Wildman–Crippen LogP) is 3.22. The molecule has 1 N–H and O–H groups in total. The summed E-state index contributed by atoms with van der Waals surface area (Å²) in [6.07, 6.45) is 4.55. The highest BCUT2D eigenvalue weighted by Crippen LogP contribution is 2.32. The zero-order valence-corrected chi connectivity index (χ0v) is 12.8. The Morgan fingerprint density at radius 1 is 1.27 bits per heavy atom. The summed E-state index contributed by atoms with van der Waals surface area (Å²) < 4.78 is 5.51. The van der Waals surface area contributed by atoms with Gasteiger partial charge in [-0.1, -0.05) is 23.9 Å². The molecule has 0 bridgehead atoms. The van der Waals surface area contributed by atoms with E-state index in [2.05, 4.69) is 5.10 Å². The molecule has 1 aliphatic rings. The third-order valence-corrected chi connectivity index (χ3v) is 4.12. The van der Waals surface area contributed by atoms with Gasteiger partial charge in [0.1, 0.15) is 11.5 Å². The zero-order valence-electron chi connectivity index (χ0n) is 11.2. The van der Waals surface area contributed by atoms with Crippen molar-refractivity contribution in [1.29, 1.82) is 0 Å². The molecule has 7 heteroatoms. The Kier molecular flexibility index (Phi) is 4.08. The van der Waals surface area contributed by atoms with E-state index in [4.69, 9.17) is 16.6 Å². The lowest BCUT2D eigenvalue weighted by molar-refractivity contribution is -0.122.